The van der Waals surface area contributed by atoms with Gasteiger partial charge in [-0.25, -0.2) is 13.4 Å². The molecule has 6 heteroatoms. The van der Waals surface area contributed by atoms with Crippen molar-refractivity contribution in [2.45, 2.75) is 17.5 Å². The lowest BCUT2D eigenvalue weighted by atomic mass is 10.1. The molecule has 0 aromatic carbocycles. The number of pyridine rings is 1. The predicted octanol–water partition coefficient (Wildman–Crippen LogP) is 0.399. The summed E-state index contributed by atoms with van der Waals surface area (Å²) < 4.78 is 22.4. The summed E-state index contributed by atoms with van der Waals surface area (Å²) in [7, 11) is -3.32. The third-order valence-electron chi connectivity index (χ3n) is 1.88. The summed E-state index contributed by atoms with van der Waals surface area (Å²) in [5, 5.41) is 8.44. The molecule has 0 amide bonds. The molecule has 2 N–H and O–H groups in total. The first-order chi connectivity index (χ1) is 6.95. The van der Waals surface area contributed by atoms with Crippen LogP contribution in [-0.2, 0) is 9.84 Å². The van der Waals surface area contributed by atoms with Crippen molar-refractivity contribution < 1.29 is 8.42 Å². The van der Waals surface area contributed by atoms with Crippen molar-refractivity contribution >= 4 is 9.84 Å². The zero-order chi connectivity index (χ0) is 11.5. The average molecular weight is 225 g/mol. The summed E-state index contributed by atoms with van der Waals surface area (Å²) in [5.41, 5.74) is 6.28. The van der Waals surface area contributed by atoms with Gasteiger partial charge in [-0.1, -0.05) is 0 Å². The Bertz CT molecular complexity index is 490. The quantitative estimate of drug-likeness (QED) is 0.803. The van der Waals surface area contributed by atoms with E-state index in [4.69, 9.17) is 11.0 Å². The van der Waals surface area contributed by atoms with Gasteiger partial charge in [0.1, 0.15) is 0 Å². The molecule has 0 saturated heterocycles. The number of nitriles is 1. The van der Waals surface area contributed by atoms with Crippen molar-refractivity contribution in [1.29, 1.82) is 5.26 Å². The van der Waals surface area contributed by atoms with E-state index in [9.17, 15) is 8.42 Å². The number of nitrogens with zero attached hydrogens (tertiary/aromatic N) is 2. The third kappa shape index (κ3) is 3.01. The van der Waals surface area contributed by atoms with Gasteiger partial charge in [-0.15, -0.1) is 0 Å². The van der Waals surface area contributed by atoms with E-state index in [1.165, 1.54) is 12.3 Å². The van der Waals surface area contributed by atoms with E-state index in [0.717, 1.165) is 6.26 Å². The van der Waals surface area contributed by atoms with Crippen molar-refractivity contribution in [3.05, 3.63) is 23.9 Å². The summed E-state index contributed by atoms with van der Waals surface area (Å²) >= 11 is 0. The number of hydrogen-bond acceptors (Lipinski definition) is 5. The normalized spacial score (nSPS) is 13.1. The highest BCUT2D eigenvalue weighted by atomic mass is 32.2. The number of aromatic nitrogens is 1. The second-order valence-corrected chi connectivity index (χ2v) is 5.13. The van der Waals surface area contributed by atoms with E-state index in [-0.39, 0.29) is 11.4 Å². The van der Waals surface area contributed by atoms with E-state index in [2.05, 4.69) is 4.98 Å². The molecule has 1 rings (SSSR count). The van der Waals surface area contributed by atoms with Crippen LogP contribution in [0.15, 0.2) is 23.4 Å². The molecule has 0 bridgehead atoms. The minimum absolute atomic E-state index is 0.0200. The minimum Gasteiger partial charge on any atom is -0.323 e. The first kappa shape index (κ1) is 11.6. The van der Waals surface area contributed by atoms with Gasteiger partial charge in [0.25, 0.3) is 0 Å². The van der Waals surface area contributed by atoms with Crippen LogP contribution < -0.4 is 5.73 Å². The summed E-state index contributed by atoms with van der Waals surface area (Å²) in [4.78, 5) is 3.73. The van der Waals surface area contributed by atoms with E-state index >= 15 is 0 Å². The van der Waals surface area contributed by atoms with Gasteiger partial charge in [0.2, 0.25) is 0 Å². The van der Waals surface area contributed by atoms with E-state index in [1.54, 1.807) is 6.07 Å². The Hall–Kier alpha value is -1.45. The average Bonchev–Trinajstić information content (AvgIpc) is 2.17. The fourth-order valence-corrected chi connectivity index (χ4v) is 1.68. The summed E-state index contributed by atoms with van der Waals surface area (Å²) in [6, 6.07) is 4.46. The van der Waals surface area contributed by atoms with Crippen molar-refractivity contribution in [3.8, 4) is 6.07 Å². The van der Waals surface area contributed by atoms with Gasteiger partial charge in [0.15, 0.2) is 14.9 Å². The molecular formula is C9H11N3O2S. The second-order valence-electron chi connectivity index (χ2n) is 3.17. The van der Waals surface area contributed by atoms with E-state index < -0.39 is 15.9 Å². The van der Waals surface area contributed by atoms with Crippen LogP contribution >= 0.6 is 0 Å². The molecule has 0 aliphatic rings. The molecule has 1 aromatic rings. The predicted molar refractivity (Wildman–Crippen MR) is 54.5 cm³/mol. The fourth-order valence-electron chi connectivity index (χ4n) is 1.07. The van der Waals surface area contributed by atoms with Crippen LogP contribution in [0.5, 0.6) is 0 Å². The molecule has 0 fully saturated rings. The smallest absolute Gasteiger partial charge is 0.192 e. The molecular weight excluding hydrogens is 214 g/mol. The maximum absolute atomic E-state index is 11.2. The highest BCUT2D eigenvalue weighted by Crippen LogP contribution is 2.15. The van der Waals surface area contributed by atoms with Crippen LogP contribution in [-0.4, -0.2) is 19.7 Å². The Morgan fingerprint density at radius 1 is 1.67 bits per heavy atom. The van der Waals surface area contributed by atoms with Gasteiger partial charge in [-0.05, 0) is 17.7 Å². The van der Waals surface area contributed by atoms with E-state index in [1.807, 2.05) is 6.07 Å². The Morgan fingerprint density at radius 2 is 2.33 bits per heavy atom. The van der Waals surface area contributed by atoms with Gasteiger partial charge in [-0.2, -0.15) is 5.26 Å². The van der Waals surface area contributed by atoms with Gasteiger partial charge < -0.3 is 5.73 Å². The summed E-state index contributed by atoms with van der Waals surface area (Å²) in [6.07, 6.45) is 2.60. The molecule has 0 aliphatic carbocycles. The lowest BCUT2D eigenvalue weighted by molar-refractivity contribution is 0.597. The van der Waals surface area contributed by atoms with Crippen molar-refractivity contribution in [2.24, 2.45) is 5.73 Å². The number of nitrogens with two attached hydrogens (primary N) is 1. The highest BCUT2D eigenvalue weighted by Gasteiger charge is 2.12. The molecule has 0 aliphatic heterocycles. The largest absolute Gasteiger partial charge is 0.323 e. The molecule has 1 aromatic heterocycles. The number of rotatable bonds is 3. The first-order valence-electron chi connectivity index (χ1n) is 4.23. The maximum atomic E-state index is 11.2. The molecule has 1 heterocycles. The topological polar surface area (TPSA) is 96.8 Å². The van der Waals surface area contributed by atoms with Crippen LogP contribution in [0.3, 0.4) is 0 Å². The van der Waals surface area contributed by atoms with Crippen LogP contribution in [0.2, 0.25) is 0 Å². The van der Waals surface area contributed by atoms with Gasteiger partial charge in [-0.3, -0.25) is 0 Å². The highest BCUT2D eigenvalue weighted by molar-refractivity contribution is 7.90. The summed E-state index contributed by atoms with van der Waals surface area (Å²) in [5.74, 6) is 0. The minimum atomic E-state index is -3.32. The Morgan fingerprint density at radius 3 is 2.87 bits per heavy atom. The molecule has 0 radical (unpaired) electrons. The van der Waals surface area contributed by atoms with Crippen LogP contribution in [0.1, 0.15) is 18.0 Å². The van der Waals surface area contributed by atoms with Crippen molar-refractivity contribution in [2.75, 3.05) is 6.26 Å². The molecule has 80 valence electrons. The maximum Gasteiger partial charge on any atom is 0.192 e. The molecule has 15 heavy (non-hydrogen) atoms. The molecule has 0 saturated carbocycles. The lowest BCUT2D eigenvalue weighted by Gasteiger charge is -2.08. The Kier molecular flexibility index (Phi) is 3.39. The Balaban J connectivity index is 3.10. The molecule has 1 atom stereocenters. The standard InChI is InChI=1S/C9H11N3O2S/c1-15(13,14)9-6-7(3-5-12-9)8(11)2-4-10/h3,5-6,8H,2,11H2,1H3/t8-/m0/s1. The summed E-state index contributed by atoms with van der Waals surface area (Å²) in [6.45, 7) is 0. The number of hydrogen-bond donors (Lipinski definition) is 1. The third-order valence-corrected chi connectivity index (χ3v) is 2.86. The van der Waals surface area contributed by atoms with Crippen molar-refractivity contribution in [1.82, 2.24) is 4.98 Å². The van der Waals surface area contributed by atoms with Gasteiger partial charge >= 0.3 is 0 Å². The zero-order valence-corrected chi connectivity index (χ0v) is 9.03. The number of sulfone groups is 1. The first-order valence-corrected chi connectivity index (χ1v) is 6.13. The second kappa shape index (κ2) is 4.38. The van der Waals surface area contributed by atoms with Crippen LogP contribution in [0, 0.1) is 11.3 Å². The van der Waals surface area contributed by atoms with Crippen LogP contribution in [0.25, 0.3) is 0 Å². The Labute approximate surface area is 88.5 Å². The fraction of sp³-hybridized carbons (Fsp3) is 0.333. The molecule has 0 unspecified atom stereocenters. The monoisotopic (exact) mass is 225 g/mol. The molecule has 5 nitrogen and oxygen atoms in total. The van der Waals surface area contributed by atoms with Crippen LogP contribution in [0.4, 0.5) is 0 Å². The van der Waals surface area contributed by atoms with Gasteiger partial charge in [0.05, 0.1) is 12.5 Å². The van der Waals surface area contributed by atoms with E-state index in [0.29, 0.717) is 5.56 Å². The van der Waals surface area contributed by atoms with Gasteiger partial charge in [0, 0.05) is 18.5 Å². The SMILES string of the molecule is CS(=O)(=O)c1cc([C@@H](N)CC#N)ccn1. The zero-order valence-electron chi connectivity index (χ0n) is 8.21. The van der Waals surface area contributed by atoms with Crippen molar-refractivity contribution in [3.63, 3.8) is 0 Å². The molecule has 0 spiro atoms. The lowest BCUT2D eigenvalue weighted by Crippen LogP contribution is -2.11.